The van der Waals surface area contributed by atoms with Crippen LogP contribution >= 0.6 is 0 Å². The highest BCUT2D eigenvalue weighted by molar-refractivity contribution is 5.85. The molecule has 0 spiro atoms. The zero-order chi connectivity index (χ0) is 26.5. The molecule has 4 aromatic rings. The van der Waals surface area contributed by atoms with Crippen LogP contribution in [0, 0.1) is 0 Å². The van der Waals surface area contributed by atoms with E-state index in [4.69, 9.17) is 9.47 Å². The summed E-state index contributed by atoms with van der Waals surface area (Å²) in [6, 6.07) is 29.5. The first kappa shape index (κ1) is 25.1. The van der Waals surface area contributed by atoms with Crippen molar-refractivity contribution in [2.75, 3.05) is 24.9 Å². The van der Waals surface area contributed by atoms with Crippen LogP contribution in [0.1, 0.15) is 44.5 Å². The number of anilines is 2. The van der Waals surface area contributed by atoms with Crippen LogP contribution < -0.4 is 10.6 Å². The number of methoxy groups -OCH3 is 2. The summed E-state index contributed by atoms with van der Waals surface area (Å²) in [4.78, 5) is 23.9. The minimum atomic E-state index is -0.485. The molecule has 0 unspecified atom stereocenters. The van der Waals surface area contributed by atoms with Crippen molar-refractivity contribution in [3.8, 4) is 0 Å². The fraction of sp³-hybridized carbons (Fsp3) is 0.188. The van der Waals surface area contributed by atoms with Gasteiger partial charge < -0.3 is 9.47 Å². The maximum Gasteiger partial charge on any atom is 0.411 e. The fourth-order valence-electron chi connectivity index (χ4n) is 5.06. The summed E-state index contributed by atoms with van der Waals surface area (Å²) in [5.41, 5.74) is 10.6. The number of fused-ring (bicyclic) bond motifs is 8. The van der Waals surface area contributed by atoms with Gasteiger partial charge in [-0.25, -0.2) is 9.59 Å². The quantitative estimate of drug-likeness (QED) is 0.279. The first-order valence-electron chi connectivity index (χ1n) is 12.6. The average Bonchev–Trinajstić information content (AvgIpc) is 2.88. The van der Waals surface area contributed by atoms with Gasteiger partial charge in [0.2, 0.25) is 0 Å². The Hall–Kier alpha value is -4.58. The van der Waals surface area contributed by atoms with Gasteiger partial charge in [-0.15, -0.1) is 0 Å². The highest BCUT2D eigenvalue weighted by Crippen LogP contribution is 2.25. The highest BCUT2D eigenvalue weighted by Gasteiger charge is 2.11. The predicted molar refractivity (Wildman–Crippen MR) is 149 cm³/mol. The van der Waals surface area contributed by atoms with Gasteiger partial charge in [0.05, 0.1) is 14.2 Å². The van der Waals surface area contributed by atoms with Crippen LogP contribution in [0.5, 0.6) is 0 Å². The van der Waals surface area contributed by atoms with E-state index in [0.29, 0.717) is 0 Å². The minimum absolute atomic E-state index is 0.485. The Morgan fingerprint density at radius 1 is 0.500 bits per heavy atom. The second kappa shape index (κ2) is 11.2. The molecular weight excluding hydrogens is 476 g/mol. The second-order valence-corrected chi connectivity index (χ2v) is 9.66. The third-order valence-electron chi connectivity index (χ3n) is 6.58. The highest BCUT2D eigenvalue weighted by atomic mass is 16.5. The van der Waals surface area contributed by atoms with Crippen molar-refractivity contribution >= 4 is 23.6 Å². The predicted octanol–water partition coefficient (Wildman–Crippen LogP) is 6.72. The van der Waals surface area contributed by atoms with Gasteiger partial charge in [0.1, 0.15) is 0 Å². The van der Waals surface area contributed by atoms with Crippen LogP contribution in [0.15, 0.2) is 84.9 Å². The van der Waals surface area contributed by atoms with Crippen molar-refractivity contribution in [1.82, 2.24) is 0 Å². The molecular formula is C32H30N2O4. The SMILES string of the molecule is COC(=O)Nc1cc2cc(c1)Cc1cccc(c1)Cc1cc(cc(NC(=O)OC)c1)Cc1cccc(c1)C2. The Morgan fingerprint density at radius 3 is 1.08 bits per heavy atom. The zero-order valence-corrected chi connectivity index (χ0v) is 21.5. The third-order valence-corrected chi connectivity index (χ3v) is 6.58. The molecule has 8 bridgehead atoms. The lowest BCUT2D eigenvalue weighted by Crippen LogP contribution is -2.12. The molecule has 4 aromatic carbocycles. The summed E-state index contributed by atoms with van der Waals surface area (Å²) in [7, 11) is 2.73. The number of hydrogen-bond donors (Lipinski definition) is 2. The fourth-order valence-corrected chi connectivity index (χ4v) is 5.06. The van der Waals surface area contributed by atoms with Gasteiger partial charge in [-0.3, -0.25) is 10.6 Å². The van der Waals surface area contributed by atoms with Crippen molar-refractivity contribution in [2.24, 2.45) is 0 Å². The van der Waals surface area contributed by atoms with Crippen molar-refractivity contribution in [1.29, 1.82) is 0 Å². The van der Waals surface area contributed by atoms with E-state index in [1.54, 1.807) is 0 Å². The van der Waals surface area contributed by atoms with Crippen molar-refractivity contribution < 1.29 is 19.1 Å². The summed E-state index contributed by atoms with van der Waals surface area (Å²) in [6.07, 6.45) is 1.95. The van der Waals surface area contributed by atoms with Gasteiger partial charge >= 0.3 is 12.2 Å². The lowest BCUT2D eigenvalue weighted by Gasteiger charge is -2.14. The van der Waals surface area contributed by atoms with Gasteiger partial charge in [0.15, 0.2) is 0 Å². The van der Waals surface area contributed by atoms with Crippen LogP contribution in [0.2, 0.25) is 0 Å². The van der Waals surface area contributed by atoms with Crippen LogP contribution in [0.3, 0.4) is 0 Å². The number of ether oxygens (including phenoxy) is 2. The number of benzene rings is 4. The van der Waals surface area contributed by atoms with E-state index in [9.17, 15) is 9.59 Å². The van der Waals surface area contributed by atoms with Gasteiger partial charge in [-0.05, 0) is 94.5 Å². The first-order valence-corrected chi connectivity index (χ1v) is 12.6. The topological polar surface area (TPSA) is 76.7 Å². The molecule has 192 valence electrons. The van der Waals surface area contributed by atoms with Gasteiger partial charge in [-0.1, -0.05) is 60.7 Å². The van der Waals surface area contributed by atoms with Gasteiger partial charge in [0.25, 0.3) is 0 Å². The summed E-state index contributed by atoms with van der Waals surface area (Å²) in [6.45, 7) is 0. The Morgan fingerprint density at radius 2 is 0.789 bits per heavy atom. The van der Waals surface area contributed by atoms with Crippen molar-refractivity contribution in [3.63, 3.8) is 0 Å². The number of hydrogen-bond acceptors (Lipinski definition) is 4. The van der Waals surface area contributed by atoms with Crippen LogP contribution in [-0.4, -0.2) is 26.4 Å². The Bertz CT molecular complexity index is 1300. The standard InChI is InChI=1S/C32H30N2O4/c1-37-31(35)33-29-17-25-11-21-5-3-7-23(9-21)13-27-16-28(20-30(19-27)34-32(36)38-2)14-24-8-4-6-22(10-24)12-26(15-25)18-29/h3-10,15-20H,11-14H2,1-2H3,(H,33,35)(H,34,36). The normalized spacial score (nSPS) is 12.3. The first-order chi connectivity index (χ1) is 18.4. The monoisotopic (exact) mass is 506 g/mol. The molecule has 0 heterocycles. The second-order valence-electron chi connectivity index (χ2n) is 9.66. The lowest BCUT2D eigenvalue weighted by molar-refractivity contribution is 0.186. The third kappa shape index (κ3) is 6.40. The average molecular weight is 507 g/mol. The molecule has 5 rings (SSSR count). The van der Waals surface area contributed by atoms with E-state index < -0.39 is 12.2 Å². The number of carbonyl (C=O) groups excluding carboxylic acids is 2. The molecule has 0 aromatic heterocycles. The molecule has 0 aliphatic heterocycles. The molecule has 6 nitrogen and oxygen atoms in total. The Labute approximate surface area is 222 Å². The smallest absolute Gasteiger partial charge is 0.411 e. The van der Waals surface area contributed by atoms with Crippen molar-refractivity contribution in [2.45, 2.75) is 25.7 Å². The lowest BCUT2D eigenvalue weighted by atomic mass is 9.93. The molecule has 1 aliphatic rings. The van der Waals surface area contributed by atoms with E-state index in [1.165, 1.54) is 36.5 Å². The summed E-state index contributed by atoms with van der Waals surface area (Å²) >= 11 is 0. The summed E-state index contributed by atoms with van der Waals surface area (Å²) in [5, 5.41) is 5.67. The maximum absolute atomic E-state index is 11.9. The van der Waals surface area contributed by atoms with Crippen LogP contribution in [0.25, 0.3) is 0 Å². The van der Waals surface area contributed by atoms with E-state index in [-0.39, 0.29) is 0 Å². The molecule has 2 amide bonds. The summed E-state index contributed by atoms with van der Waals surface area (Å²) in [5.74, 6) is 0. The Balaban J connectivity index is 1.58. The molecule has 2 N–H and O–H groups in total. The molecule has 38 heavy (non-hydrogen) atoms. The molecule has 0 fully saturated rings. The van der Waals surface area contributed by atoms with E-state index >= 15 is 0 Å². The van der Waals surface area contributed by atoms with Crippen LogP contribution in [-0.2, 0) is 35.2 Å². The Kier molecular flexibility index (Phi) is 7.40. The van der Waals surface area contributed by atoms with E-state index in [0.717, 1.165) is 59.3 Å². The maximum atomic E-state index is 11.9. The van der Waals surface area contributed by atoms with Crippen molar-refractivity contribution in [3.05, 3.63) is 129 Å². The van der Waals surface area contributed by atoms with Crippen LogP contribution in [0.4, 0.5) is 21.0 Å². The van der Waals surface area contributed by atoms with E-state index in [2.05, 4.69) is 71.3 Å². The number of amides is 2. The number of nitrogens with one attached hydrogen (secondary N) is 2. The van der Waals surface area contributed by atoms with Gasteiger partial charge in [0, 0.05) is 11.4 Å². The number of rotatable bonds is 2. The molecule has 6 heteroatoms. The summed E-state index contributed by atoms with van der Waals surface area (Å²) < 4.78 is 9.65. The minimum Gasteiger partial charge on any atom is -0.453 e. The molecule has 0 atom stereocenters. The largest absolute Gasteiger partial charge is 0.453 e. The number of carbonyl (C=O) groups is 2. The molecule has 0 radical (unpaired) electrons. The van der Waals surface area contributed by atoms with E-state index in [1.807, 2.05) is 24.3 Å². The molecule has 0 saturated heterocycles. The molecule has 1 aliphatic carbocycles. The zero-order valence-electron chi connectivity index (χ0n) is 21.5. The van der Waals surface area contributed by atoms with Gasteiger partial charge in [-0.2, -0.15) is 0 Å². The molecule has 0 saturated carbocycles.